The van der Waals surface area contributed by atoms with Crippen molar-refractivity contribution in [2.75, 3.05) is 10.4 Å². The van der Waals surface area contributed by atoms with Crippen LogP contribution >= 0.6 is 0 Å². The van der Waals surface area contributed by atoms with Crippen molar-refractivity contribution in [2.24, 2.45) is 10.2 Å². The van der Waals surface area contributed by atoms with Crippen molar-refractivity contribution in [3.63, 3.8) is 0 Å². The van der Waals surface area contributed by atoms with Gasteiger partial charge in [0.25, 0.3) is 30.4 Å². The first kappa shape index (κ1) is 29.5. The zero-order chi connectivity index (χ0) is 30.3. The molecule has 1 aliphatic heterocycles. The topological polar surface area (TPSA) is 257 Å². The quantitative estimate of drug-likeness (QED) is 0.175. The first-order chi connectivity index (χ1) is 19.0. The Morgan fingerprint density at radius 2 is 1.24 bits per heavy atom. The molecule has 3 aromatic rings. The average molecular weight is 625 g/mol. The number of rotatable bonds is 8. The van der Waals surface area contributed by atoms with Gasteiger partial charge in [-0.3, -0.25) is 23.9 Å². The molecule has 0 bridgehead atoms. The molecule has 0 saturated heterocycles. The maximum absolute atomic E-state index is 13.0. The van der Waals surface area contributed by atoms with Crippen molar-refractivity contribution >= 4 is 65.0 Å². The summed E-state index contributed by atoms with van der Waals surface area (Å²) in [6.07, 6.45) is 0. The molecule has 5 N–H and O–H groups in total. The molecule has 41 heavy (non-hydrogen) atoms. The van der Waals surface area contributed by atoms with Crippen LogP contribution in [0.3, 0.4) is 0 Å². The van der Waals surface area contributed by atoms with Crippen molar-refractivity contribution in [1.29, 1.82) is 0 Å². The highest BCUT2D eigenvalue weighted by atomic mass is 32.2. The number of hydrazone groups is 2. The molecule has 0 aliphatic carbocycles. The van der Waals surface area contributed by atoms with Crippen LogP contribution in [-0.4, -0.2) is 67.3 Å². The van der Waals surface area contributed by atoms with Gasteiger partial charge in [-0.15, -0.1) is 0 Å². The lowest BCUT2D eigenvalue weighted by atomic mass is 10.0. The SMILES string of the molecule is O=C(O)C1=NN(c2ccc(S(=O)(=O)O)cc2)C(=O)C1=NNc1ccc(S(=O)(=O)O)cc1-c1ccc(S(=O)(=O)O)cc1. The molecule has 1 aliphatic rings. The maximum Gasteiger partial charge on any atom is 0.358 e. The van der Waals surface area contributed by atoms with Gasteiger partial charge in [0.05, 0.1) is 26.1 Å². The number of amides is 1. The van der Waals surface area contributed by atoms with Crippen molar-refractivity contribution in [3.8, 4) is 11.1 Å². The van der Waals surface area contributed by atoms with E-state index < -0.39 is 68.3 Å². The number of carbonyl (C=O) groups is 2. The first-order valence-corrected chi connectivity index (χ1v) is 15.1. The van der Waals surface area contributed by atoms with Crippen LogP contribution in [0, 0.1) is 0 Å². The van der Waals surface area contributed by atoms with E-state index in [1.807, 2.05) is 0 Å². The number of carboxylic acid groups (broad SMARTS) is 1. The second-order valence-electron chi connectivity index (χ2n) is 8.09. The van der Waals surface area contributed by atoms with Gasteiger partial charge in [0.2, 0.25) is 5.71 Å². The highest BCUT2D eigenvalue weighted by molar-refractivity contribution is 7.86. The predicted octanol–water partition coefficient (Wildman–Crippen LogP) is 1.35. The van der Waals surface area contributed by atoms with Gasteiger partial charge < -0.3 is 5.11 Å². The summed E-state index contributed by atoms with van der Waals surface area (Å²) in [5.74, 6) is -2.71. The molecule has 16 nitrogen and oxygen atoms in total. The number of hydrogen-bond donors (Lipinski definition) is 5. The van der Waals surface area contributed by atoms with E-state index in [0.29, 0.717) is 5.01 Å². The molecular weight excluding hydrogens is 608 g/mol. The summed E-state index contributed by atoms with van der Waals surface area (Å²) in [6.45, 7) is 0. The average Bonchev–Trinajstić information content (AvgIpc) is 3.22. The Labute approximate surface area is 231 Å². The van der Waals surface area contributed by atoms with Crippen LogP contribution in [0.1, 0.15) is 0 Å². The van der Waals surface area contributed by atoms with Gasteiger partial charge in [0.1, 0.15) is 0 Å². The summed E-state index contributed by atoms with van der Waals surface area (Å²) >= 11 is 0. The van der Waals surface area contributed by atoms with E-state index in [9.17, 15) is 49.1 Å². The molecule has 0 atom stereocenters. The van der Waals surface area contributed by atoms with E-state index in [4.69, 9.17) is 4.55 Å². The van der Waals surface area contributed by atoms with Crippen LogP contribution in [0.5, 0.6) is 0 Å². The van der Waals surface area contributed by atoms with Crippen molar-refractivity contribution in [1.82, 2.24) is 0 Å². The highest BCUT2D eigenvalue weighted by Gasteiger charge is 2.37. The molecule has 0 aromatic heterocycles. The minimum Gasteiger partial charge on any atom is -0.476 e. The van der Waals surface area contributed by atoms with Crippen molar-refractivity contribution in [2.45, 2.75) is 14.7 Å². The Morgan fingerprint density at radius 1 is 0.756 bits per heavy atom. The van der Waals surface area contributed by atoms with Gasteiger partial charge in [-0.25, -0.2) is 4.79 Å². The number of anilines is 2. The molecule has 0 unspecified atom stereocenters. The molecule has 1 heterocycles. The van der Waals surface area contributed by atoms with E-state index >= 15 is 0 Å². The van der Waals surface area contributed by atoms with Crippen LogP contribution < -0.4 is 10.4 Å². The van der Waals surface area contributed by atoms with E-state index in [0.717, 1.165) is 54.6 Å². The second kappa shape index (κ2) is 10.5. The summed E-state index contributed by atoms with van der Waals surface area (Å²) in [5.41, 5.74) is 0.988. The minimum atomic E-state index is -4.70. The molecular formula is C22H16N4O12S3. The smallest absolute Gasteiger partial charge is 0.358 e. The van der Waals surface area contributed by atoms with Gasteiger partial charge in [-0.05, 0) is 60.2 Å². The van der Waals surface area contributed by atoms with E-state index in [-0.39, 0.29) is 22.5 Å². The number of nitrogens with one attached hydrogen (secondary N) is 1. The van der Waals surface area contributed by atoms with Gasteiger partial charge in [-0.1, -0.05) is 12.1 Å². The number of benzene rings is 3. The number of hydrogen-bond acceptors (Lipinski definition) is 11. The third-order valence-corrected chi connectivity index (χ3v) is 8.03. The standard InChI is InChI=1S/C22H16N4O12S3/c27-21-19(20(22(28)29)25-26(21)13-3-7-15(8-4-13)40(33,34)35)24-23-18-10-9-16(41(36,37)38)11-17(18)12-1-5-14(6-2-12)39(30,31)32/h1-11,23H,(H,28,29)(H,30,31,32)(H,33,34,35)(H,36,37,38). The zero-order valence-electron chi connectivity index (χ0n) is 20.0. The Hall–Kier alpha value is -4.53. The molecule has 0 saturated carbocycles. The van der Waals surface area contributed by atoms with E-state index in [1.54, 1.807) is 0 Å². The van der Waals surface area contributed by atoms with Gasteiger partial charge >= 0.3 is 11.9 Å². The van der Waals surface area contributed by atoms with Gasteiger partial charge in [0, 0.05) is 5.56 Å². The van der Waals surface area contributed by atoms with Crippen molar-refractivity contribution < 1.29 is 53.6 Å². The van der Waals surface area contributed by atoms with Crippen LogP contribution in [0.2, 0.25) is 0 Å². The Morgan fingerprint density at radius 3 is 1.73 bits per heavy atom. The van der Waals surface area contributed by atoms with E-state index in [2.05, 4.69) is 15.6 Å². The molecule has 0 radical (unpaired) electrons. The van der Waals surface area contributed by atoms with Gasteiger partial charge in [0.15, 0.2) is 5.71 Å². The van der Waals surface area contributed by atoms with Crippen LogP contribution in [0.4, 0.5) is 11.4 Å². The summed E-state index contributed by atoms with van der Waals surface area (Å²) in [6, 6.07) is 11.6. The third-order valence-electron chi connectivity index (χ3n) is 5.44. The Balaban J connectivity index is 1.74. The van der Waals surface area contributed by atoms with Crippen LogP contribution in [-0.2, 0) is 39.9 Å². The van der Waals surface area contributed by atoms with Crippen LogP contribution in [0.15, 0.2) is 91.6 Å². The summed E-state index contributed by atoms with van der Waals surface area (Å²) in [5, 5.41) is 17.7. The highest BCUT2D eigenvalue weighted by Crippen LogP contribution is 2.32. The number of carbonyl (C=O) groups excluding carboxylic acids is 1. The number of nitrogens with zero attached hydrogens (tertiary/aromatic N) is 3. The molecule has 4 rings (SSSR count). The lowest BCUT2D eigenvalue weighted by molar-refractivity contribution is -0.129. The predicted molar refractivity (Wildman–Crippen MR) is 141 cm³/mol. The van der Waals surface area contributed by atoms with E-state index in [1.165, 1.54) is 12.1 Å². The fraction of sp³-hybridized carbons (Fsp3) is 0. The molecule has 0 spiro atoms. The Kier molecular flexibility index (Phi) is 7.52. The first-order valence-electron chi connectivity index (χ1n) is 10.7. The summed E-state index contributed by atoms with van der Waals surface area (Å²) in [7, 11) is -13.8. The minimum absolute atomic E-state index is 0.00304. The molecule has 1 amide bonds. The fourth-order valence-electron chi connectivity index (χ4n) is 3.52. The normalized spacial score (nSPS) is 15.2. The summed E-state index contributed by atoms with van der Waals surface area (Å²) in [4.78, 5) is 23.3. The lowest BCUT2D eigenvalue weighted by Gasteiger charge is -2.13. The number of carboxylic acids is 1. The lowest BCUT2D eigenvalue weighted by Crippen LogP contribution is -2.30. The maximum atomic E-state index is 13.0. The molecule has 214 valence electrons. The number of aliphatic carboxylic acids is 1. The van der Waals surface area contributed by atoms with Gasteiger partial charge in [-0.2, -0.15) is 40.5 Å². The third kappa shape index (κ3) is 6.29. The van der Waals surface area contributed by atoms with Crippen LogP contribution in [0.25, 0.3) is 11.1 Å². The summed E-state index contributed by atoms with van der Waals surface area (Å²) < 4.78 is 96.5. The molecule has 0 fully saturated rings. The fourth-order valence-corrected chi connectivity index (χ4v) is 4.98. The zero-order valence-corrected chi connectivity index (χ0v) is 22.4. The second-order valence-corrected chi connectivity index (χ2v) is 12.4. The monoisotopic (exact) mass is 624 g/mol. The Bertz CT molecular complexity index is 1970. The molecule has 3 aromatic carbocycles. The largest absolute Gasteiger partial charge is 0.476 e. The van der Waals surface area contributed by atoms with Crippen molar-refractivity contribution in [3.05, 3.63) is 66.7 Å². The molecule has 19 heteroatoms.